The molecular weight excluding hydrogens is 276 g/mol. The Balaban J connectivity index is 2.02. The Morgan fingerprint density at radius 2 is 2.29 bits per heavy atom. The molecule has 0 spiro atoms. The molecule has 94 valence electrons. The van der Waals surface area contributed by atoms with Crippen LogP contribution < -0.4 is 5.73 Å². The van der Waals surface area contributed by atoms with Gasteiger partial charge in [0.1, 0.15) is 0 Å². The standard InChI is InChI=1S/C14H21BrN2/c1-2-11-4-3-7-17(9-11)10-12-8-13(16)5-6-14(12)15/h5-6,8,11H,2-4,7,9-10,16H2,1H3. The number of anilines is 1. The van der Waals surface area contributed by atoms with Gasteiger partial charge in [0.05, 0.1) is 0 Å². The van der Waals surface area contributed by atoms with Crippen LogP contribution >= 0.6 is 15.9 Å². The average Bonchev–Trinajstić information content (AvgIpc) is 2.34. The van der Waals surface area contributed by atoms with Crippen LogP contribution in [0, 0.1) is 5.92 Å². The van der Waals surface area contributed by atoms with E-state index >= 15 is 0 Å². The molecule has 0 radical (unpaired) electrons. The van der Waals surface area contributed by atoms with Gasteiger partial charge in [0, 0.05) is 23.2 Å². The highest BCUT2D eigenvalue weighted by atomic mass is 79.9. The topological polar surface area (TPSA) is 29.3 Å². The Morgan fingerprint density at radius 1 is 1.47 bits per heavy atom. The fraction of sp³-hybridized carbons (Fsp3) is 0.571. The van der Waals surface area contributed by atoms with Crippen LogP contribution in [0.1, 0.15) is 31.7 Å². The Labute approximate surface area is 112 Å². The van der Waals surface area contributed by atoms with Gasteiger partial charge in [-0.3, -0.25) is 4.90 Å². The maximum Gasteiger partial charge on any atom is 0.0318 e. The molecule has 0 saturated carbocycles. The summed E-state index contributed by atoms with van der Waals surface area (Å²) < 4.78 is 1.17. The number of benzene rings is 1. The van der Waals surface area contributed by atoms with E-state index in [1.807, 2.05) is 12.1 Å². The summed E-state index contributed by atoms with van der Waals surface area (Å²) >= 11 is 3.61. The van der Waals surface area contributed by atoms with E-state index in [1.165, 1.54) is 42.4 Å². The van der Waals surface area contributed by atoms with Crippen LogP contribution in [0.25, 0.3) is 0 Å². The van der Waals surface area contributed by atoms with E-state index in [-0.39, 0.29) is 0 Å². The van der Waals surface area contributed by atoms with Crippen molar-refractivity contribution < 1.29 is 0 Å². The van der Waals surface area contributed by atoms with Crippen LogP contribution in [0.3, 0.4) is 0 Å². The van der Waals surface area contributed by atoms with Crippen molar-refractivity contribution in [2.24, 2.45) is 5.92 Å². The summed E-state index contributed by atoms with van der Waals surface area (Å²) in [6, 6.07) is 6.07. The number of hydrogen-bond donors (Lipinski definition) is 1. The molecule has 1 aromatic carbocycles. The van der Waals surface area contributed by atoms with Gasteiger partial charge < -0.3 is 5.73 Å². The molecule has 0 bridgehead atoms. The van der Waals surface area contributed by atoms with E-state index in [9.17, 15) is 0 Å². The molecule has 1 aliphatic rings. The zero-order valence-corrected chi connectivity index (χ0v) is 12.0. The maximum atomic E-state index is 5.85. The summed E-state index contributed by atoms with van der Waals surface area (Å²) in [7, 11) is 0. The summed E-state index contributed by atoms with van der Waals surface area (Å²) in [4.78, 5) is 2.55. The van der Waals surface area contributed by atoms with Gasteiger partial charge in [-0.2, -0.15) is 0 Å². The van der Waals surface area contributed by atoms with Crippen molar-refractivity contribution in [1.29, 1.82) is 0 Å². The number of likely N-dealkylation sites (tertiary alicyclic amines) is 1. The van der Waals surface area contributed by atoms with Crippen LogP contribution in [-0.2, 0) is 6.54 Å². The van der Waals surface area contributed by atoms with Crippen molar-refractivity contribution in [1.82, 2.24) is 4.90 Å². The second-order valence-corrected chi connectivity index (χ2v) is 5.86. The van der Waals surface area contributed by atoms with Gasteiger partial charge in [-0.05, 0) is 49.1 Å². The number of hydrogen-bond acceptors (Lipinski definition) is 2. The van der Waals surface area contributed by atoms with Crippen LogP contribution in [0.2, 0.25) is 0 Å². The first-order valence-corrected chi connectivity index (χ1v) is 7.24. The summed E-state index contributed by atoms with van der Waals surface area (Å²) in [5.74, 6) is 0.878. The van der Waals surface area contributed by atoms with Crippen LogP contribution in [0.4, 0.5) is 5.69 Å². The molecule has 1 heterocycles. The Kier molecular flexibility index (Phi) is 4.46. The van der Waals surface area contributed by atoms with Gasteiger partial charge >= 0.3 is 0 Å². The van der Waals surface area contributed by atoms with Crippen molar-refractivity contribution in [2.75, 3.05) is 18.8 Å². The minimum atomic E-state index is 0.854. The molecule has 1 atom stereocenters. The van der Waals surface area contributed by atoms with E-state index in [0.29, 0.717) is 0 Å². The van der Waals surface area contributed by atoms with Gasteiger partial charge in [0.2, 0.25) is 0 Å². The molecule has 0 amide bonds. The molecule has 1 unspecified atom stereocenters. The van der Waals surface area contributed by atoms with Crippen LogP contribution in [0.15, 0.2) is 22.7 Å². The third-order valence-electron chi connectivity index (χ3n) is 3.64. The first-order chi connectivity index (χ1) is 8.19. The number of nitrogens with two attached hydrogens (primary N) is 1. The van der Waals surface area contributed by atoms with Crippen molar-refractivity contribution in [2.45, 2.75) is 32.7 Å². The summed E-state index contributed by atoms with van der Waals surface area (Å²) in [6.07, 6.45) is 4.03. The van der Waals surface area contributed by atoms with E-state index < -0.39 is 0 Å². The highest BCUT2D eigenvalue weighted by Gasteiger charge is 2.18. The molecular formula is C14H21BrN2. The van der Waals surface area contributed by atoms with E-state index in [2.05, 4.69) is 33.8 Å². The van der Waals surface area contributed by atoms with E-state index in [1.54, 1.807) is 0 Å². The molecule has 1 aliphatic heterocycles. The summed E-state index contributed by atoms with van der Waals surface area (Å²) in [5.41, 5.74) is 8.01. The number of rotatable bonds is 3. The number of piperidine rings is 1. The molecule has 2 rings (SSSR count). The van der Waals surface area contributed by atoms with Crippen molar-refractivity contribution >= 4 is 21.6 Å². The minimum absolute atomic E-state index is 0.854. The number of halogens is 1. The van der Waals surface area contributed by atoms with Crippen molar-refractivity contribution in [3.8, 4) is 0 Å². The van der Waals surface area contributed by atoms with Crippen LogP contribution in [-0.4, -0.2) is 18.0 Å². The number of nitrogens with zero attached hydrogens (tertiary/aromatic N) is 1. The third-order valence-corrected chi connectivity index (χ3v) is 4.42. The molecule has 3 heteroatoms. The first-order valence-electron chi connectivity index (χ1n) is 6.45. The van der Waals surface area contributed by atoms with Gasteiger partial charge in [-0.1, -0.05) is 29.3 Å². The van der Waals surface area contributed by atoms with Gasteiger partial charge in [0.15, 0.2) is 0 Å². The molecule has 1 aromatic rings. The zero-order valence-electron chi connectivity index (χ0n) is 10.5. The second-order valence-electron chi connectivity index (χ2n) is 5.00. The monoisotopic (exact) mass is 296 g/mol. The highest BCUT2D eigenvalue weighted by molar-refractivity contribution is 9.10. The van der Waals surface area contributed by atoms with Crippen molar-refractivity contribution in [3.05, 3.63) is 28.2 Å². The lowest BCUT2D eigenvalue weighted by Crippen LogP contribution is -2.34. The summed E-state index contributed by atoms with van der Waals surface area (Å²) in [6.45, 7) is 5.77. The Bertz CT molecular complexity index is 378. The Morgan fingerprint density at radius 3 is 3.06 bits per heavy atom. The van der Waals surface area contributed by atoms with Crippen LogP contribution in [0.5, 0.6) is 0 Å². The lowest BCUT2D eigenvalue weighted by molar-refractivity contribution is 0.164. The van der Waals surface area contributed by atoms with Gasteiger partial charge in [0.25, 0.3) is 0 Å². The minimum Gasteiger partial charge on any atom is -0.399 e. The van der Waals surface area contributed by atoms with Gasteiger partial charge in [-0.15, -0.1) is 0 Å². The highest BCUT2D eigenvalue weighted by Crippen LogP contribution is 2.25. The lowest BCUT2D eigenvalue weighted by Gasteiger charge is -2.32. The fourth-order valence-electron chi connectivity index (χ4n) is 2.58. The first kappa shape index (κ1) is 12.9. The largest absolute Gasteiger partial charge is 0.399 e. The van der Waals surface area contributed by atoms with E-state index in [4.69, 9.17) is 5.73 Å². The smallest absolute Gasteiger partial charge is 0.0318 e. The molecule has 1 fully saturated rings. The molecule has 1 saturated heterocycles. The molecule has 17 heavy (non-hydrogen) atoms. The Hall–Kier alpha value is -0.540. The molecule has 0 aliphatic carbocycles. The number of nitrogen functional groups attached to an aromatic ring is 1. The van der Waals surface area contributed by atoms with Gasteiger partial charge in [-0.25, -0.2) is 0 Å². The second kappa shape index (κ2) is 5.87. The molecule has 2 nitrogen and oxygen atoms in total. The normalized spacial score (nSPS) is 21.6. The quantitative estimate of drug-likeness (QED) is 0.863. The molecule has 2 N–H and O–H groups in total. The lowest BCUT2D eigenvalue weighted by atomic mass is 9.95. The maximum absolute atomic E-state index is 5.85. The van der Waals surface area contributed by atoms with Crippen molar-refractivity contribution in [3.63, 3.8) is 0 Å². The SMILES string of the molecule is CCC1CCCN(Cc2cc(N)ccc2Br)C1. The van der Waals surface area contributed by atoms with E-state index in [0.717, 1.165) is 18.2 Å². The average molecular weight is 297 g/mol. The molecule has 0 aromatic heterocycles. The third kappa shape index (κ3) is 3.46. The predicted octanol–water partition coefficient (Wildman–Crippen LogP) is 3.65. The zero-order chi connectivity index (χ0) is 12.3. The summed E-state index contributed by atoms with van der Waals surface area (Å²) in [5, 5.41) is 0. The predicted molar refractivity (Wildman–Crippen MR) is 76.8 cm³/mol. The fourth-order valence-corrected chi connectivity index (χ4v) is 2.96.